The molecule has 0 aliphatic carbocycles. The highest BCUT2D eigenvalue weighted by molar-refractivity contribution is 6.30. The van der Waals surface area contributed by atoms with Gasteiger partial charge in [-0.1, -0.05) is 48.0 Å². The van der Waals surface area contributed by atoms with E-state index in [1.807, 2.05) is 18.2 Å². The van der Waals surface area contributed by atoms with Gasteiger partial charge in [0.05, 0.1) is 5.02 Å². The van der Waals surface area contributed by atoms with Crippen LogP contribution in [-0.2, 0) is 11.3 Å². The third kappa shape index (κ3) is 3.62. The number of benzene rings is 2. The van der Waals surface area contributed by atoms with Gasteiger partial charge >= 0.3 is 0 Å². The molecule has 0 radical (unpaired) electrons. The van der Waals surface area contributed by atoms with E-state index >= 15 is 0 Å². The van der Waals surface area contributed by atoms with Crippen molar-refractivity contribution in [1.82, 2.24) is 4.90 Å². The molecule has 1 heterocycles. The van der Waals surface area contributed by atoms with Crippen LogP contribution in [0, 0.1) is 11.7 Å². The van der Waals surface area contributed by atoms with Crippen molar-refractivity contribution < 1.29 is 9.18 Å². The Morgan fingerprint density at radius 2 is 1.96 bits per heavy atom. The summed E-state index contributed by atoms with van der Waals surface area (Å²) in [5.74, 6) is -0.255. The molecule has 4 heteroatoms. The summed E-state index contributed by atoms with van der Waals surface area (Å²) in [6.45, 7) is 3.95. The van der Waals surface area contributed by atoms with Gasteiger partial charge in [0.25, 0.3) is 0 Å². The van der Waals surface area contributed by atoms with Gasteiger partial charge in [0.1, 0.15) is 11.6 Å². The number of carbonyl (C=O) groups excluding carboxylic acids is 1. The monoisotopic (exact) mass is 331 g/mol. The second-order valence-corrected chi connectivity index (χ2v) is 6.58. The van der Waals surface area contributed by atoms with Crippen LogP contribution in [-0.4, -0.2) is 23.8 Å². The van der Waals surface area contributed by atoms with Crippen molar-refractivity contribution in [2.24, 2.45) is 5.92 Å². The Kier molecular flexibility index (Phi) is 4.79. The predicted octanol–water partition coefficient (Wildman–Crippen LogP) is 4.28. The zero-order chi connectivity index (χ0) is 16.4. The van der Waals surface area contributed by atoms with E-state index in [1.54, 1.807) is 19.1 Å². The van der Waals surface area contributed by atoms with E-state index in [-0.39, 0.29) is 22.6 Å². The molecular weight excluding hydrogens is 313 g/mol. The van der Waals surface area contributed by atoms with Gasteiger partial charge < -0.3 is 0 Å². The molecule has 2 nitrogen and oxygen atoms in total. The summed E-state index contributed by atoms with van der Waals surface area (Å²) in [7, 11) is 0. The number of nitrogens with zero attached hydrogens (tertiary/aromatic N) is 1. The number of Topliss-reactive ketones (excluding diaryl/α,β-unsaturated/α-hetero) is 1. The van der Waals surface area contributed by atoms with Crippen molar-refractivity contribution in [1.29, 1.82) is 0 Å². The van der Waals surface area contributed by atoms with E-state index in [4.69, 9.17) is 11.6 Å². The minimum atomic E-state index is -0.422. The van der Waals surface area contributed by atoms with Crippen LogP contribution in [0.5, 0.6) is 0 Å². The summed E-state index contributed by atoms with van der Waals surface area (Å²) in [4.78, 5) is 14.3. The highest BCUT2D eigenvalue weighted by atomic mass is 35.5. The van der Waals surface area contributed by atoms with E-state index in [1.165, 1.54) is 11.6 Å². The first kappa shape index (κ1) is 16.2. The molecule has 2 aromatic rings. The lowest BCUT2D eigenvalue weighted by Crippen LogP contribution is -2.22. The number of hydrogen-bond donors (Lipinski definition) is 0. The van der Waals surface area contributed by atoms with Crippen LogP contribution in [0.2, 0.25) is 5.02 Å². The summed E-state index contributed by atoms with van der Waals surface area (Å²) < 4.78 is 13.4. The van der Waals surface area contributed by atoms with E-state index in [0.717, 1.165) is 25.2 Å². The number of halogens is 2. The van der Waals surface area contributed by atoms with Crippen molar-refractivity contribution in [3.63, 3.8) is 0 Å². The lowest BCUT2D eigenvalue weighted by Gasteiger charge is -2.17. The van der Waals surface area contributed by atoms with E-state index < -0.39 is 5.82 Å². The average Bonchev–Trinajstić information content (AvgIpc) is 2.95. The van der Waals surface area contributed by atoms with Crippen LogP contribution in [0.15, 0.2) is 48.5 Å². The quantitative estimate of drug-likeness (QED) is 0.833. The Morgan fingerprint density at radius 3 is 2.61 bits per heavy atom. The fraction of sp³-hybridized carbons (Fsp3) is 0.316. The largest absolute Gasteiger partial charge is 0.300 e. The van der Waals surface area contributed by atoms with Gasteiger partial charge in [-0.3, -0.25) is 9.69 Å². The van der Waals surface area contributed by atoms with Gasteiger partial charge in [0.2, 0.25) is 0 Å². The Morgan fingerprint density at radius 1 is 1.22 bits per heavy atom. The normalized spacial score (nSPS) is 21.5. The molecule has 1 aliphatic rings. The molecule has 120 valence electrons. The fourth-order valence-electron chi connectivity index (χ4n) is 3.35. The minimum absolute atomic E-state index is 0.0642. The molecule has 0 bridgehead atoms. The van der Waals surface area contributed by atoms with Crippen LogP contribution >= 0.6 is 11.6 Å². The third-order valence-corrected chi connectivity index (χ3v) is 4.83. The van der Waals surface area contributed by atoms with Crippen LogP contribution < -0.4 is 0 Å². The Labute approximate surface area is 140 Å². The lowest BCUT2D eigenvalue weighted by atomic mass is 9.86. The Bertz CT molecular complexity index is 704. The van der Waals surface area contributed by atoms with Gasteiger partial charge in [0, 0.05) is 31.5 Å². The molecular formula is C19H19ClFNO. The first-order chi connectivity index (χ1) is 11.0. The Hall–Kier alpha value is -1.71. The second-order valence-electron chi connectivity index (χ2n) is 6.18. The first-order valence-electron chi connectivity index (χ1n) is 7.76. The second kappa shape index (κ2) is 6.81. The third-order valence-electron chi connectivity index (χ3n) is 4.54. The SMILES string of the molecule is CC(=O)C1CN(Cc2ccccc2)CC1c1ccc(F)c(Cl)c1. The highest BCUT2D eigenvalue weighted by Crippen LogP contribution is 2.35. The summed E-state index contributed by atoms with van der Waals surface area (Å²) in [5, 5.41) is 0.117. The van der Waals surface area contributed by atoms with Crippen LogP contribution in [0.3, 0.4) is 0 Å². The van der Waals surface area contributed by atoms with Gasteiger partial charge in [-0.2, -0.15) is 0 Å². The molecule has 23 heavy (non-hydrogen) atoms. The van der Waals surface area contributed by atoms with Gasteiger partial charge in [-0.25, -0.2) is 4.39 Å². The molecule has 2 atom stereocenters. The molecule has 0 spiro atoms. The van der Waals surface area contributed by atoms with Gasteiger partial charge in [-0.05, 0) is 30.2 Å². The highest BCUT2D eigenvalue weighted by Gasteiger charge is 2.36. The fourth-order valence-corrected chi connectivity index (χ4v) is 3.54. The lowest BCUT2D eigenvalue weighted by molar-refractivity contribution is -0.120. The van der Waals surface area contributed by atoms with Crippen molar-refractivity contribution >= 4 is 17.4 Å². The van der Waals surface area contributed by atoms with Crippen molar-refractivity contribution in [2.45, 2.75) is 19.4 Å². The summed E-state index contributed by atoms with van der Waals surface area (Å²) in [6, 6.07) is 15.0. The smallest absolute Gasteiger partial charge is 0.141 e. The van der Waals surface area contributed by atoms with Crippen molar-refractivity contribution in [3.8, 4) is 0 Å². The molecule has 0 saturated carbocycles. The molecule has 1 aliphatic heterocycles. The summed E-state index contributed by atoms with van der Waals surface area (Å²) in [5.41, 5.74) is 2.17. The molecule has 0 amide bonds. The molecule has 2 aromatic carbocycles. The van der Waals surface area contributed by atoms with E-state index in [9.17, 15) is 9.18 Å². The molecule has 1 saturated heterocycles. The van der Waals surface area contributed by atoms with E-state index in [0.29, 0.717) is 0 Å². The molecule has 2 unspecified atom stereocenters. The van der Waals surface area contributed by atoms with E-state index in [2.05, 4.69) is 17.0 Å². The number of carbonyl (C=O) groups is 1. The number of rotatable bonds is 4. The first-order valence-corrected chi connectivity index (χ1v) is 8.14. The van der Waals surface area contributed by atoms with Crippen molar-refractivity contribution in [2.75, 3.05) is 13.1 Å². The summed E-state index contributed by atoms with van der Waals surface area (Å²) >= 11 is 5.91. The molecule has 1 fully saturated rings. The topological polar surface area (TPSA) is 20.3 Å². The molecule has 3 rings (SSSR count). The van der Waals surface area contributed by atoms with Crippen molar-refractivity contribution in [3.05, 3.63) is 70.5 Å². The molecule has 0 N–H and O–H groups in total. The zero-order valence-electron chi connectivity index (χ0n) is 13.0. The number of ketones is 1. The summed E-state index contributed by atoms with van der Waals surface area (Å²) in [6.07, 6.45) is 0. The van der Waals surface area contributed by atoms with Gasteiger partial charge in [-0.15, -0.1) is 0 Å². The van der Waals surface area contributed by atoms with Crippen LogP contribution in [0.1, 0.15) is 24.0 Å². The zero-order valence-corrected chi connectivity index (χ0v) is 13.8. The number of likely N-dealkylation sites (tertiary alicyclic amines) is 1. The maximum absolute atomic E-state index is 13.4. The van der Waals surface area contributed by atoms with Crippen LogP contribution in [0.25, 0.3) is 0 Å². The van der Waals surface area contributed by atoms with Crippen LogP contribution in [0.4, 0.5) is 4.39 Å². The predicted molar refractivity (Wildman–Crippen MR) is 90.0 cm³/mol. The van der Waals surface area contributed by atoms with Gasteiger partial charge in [0.15, 0.2) is 0 Å². The molecule has 0 aromatic heterocycles. The Balaban J connectivity index is 1.81. The average molecular weight is 332 g/mol. The standard InChI is InChI=1S/C19H19ClFNO/c1-13(23)16-11-22(10-14-5-3-2-4-6-14)12-17(16)15-7-8-19(21)18(20)9-15/h2-9,16-17H,10-12H2,1H3. The maximum Gasteiger partial charge on any atom is 0.141 e. The number of hydrogen-bond acceptors (Lipinski definition) is 2. The minimum Gasteiger partial charge on any atom is -0.300 e. The maximum atomic E-state index is 13.4.